The number of nitrogens with zero attached hydrogens (tertiary/aromatic N) is 1. The summed E-state index contributed by atoms with van der Waals surface area (Å²) in [5.41, 5.74) is 1.04. The number of rotatable bonds is 5. The monoisotopic (exact) mass is 392 g/mol. The van der Waals surface area contributed by atoms with Gasteiger partial charge in [0.05, 0.1) is 10.9 Å². The maximum atomic E-state index is 13.0. The van der Waals surface area contributed by atoms with Gasteiger partial charge in [-0.3, -0.25) is 4.79 Å². The van der Waals surface area contributed by atoms with Crippen molar-refractivity contribution in [2.75, 3.05) is 13.1 Å². The van der Waals surface area contributed by atoms with Crippen LogP contribution in [0.5, 0.6) is 0 Å². The number of thiophene rings is 1. The third-order valence-corrected chi connectivity index (χ3v) is 7.80. The smallest absolute Gasteiger partial charge is 0.251 e. The number of hydrogen-bond acceptors (Lipinski definition) is 4. The highest BCUT2D eigenvalue weighted by Gasteiger charge is 2.28. The minimum absolute atomic E-state index is 0.119. The highest BCUT2D eigenvalue weighted by atomic mass is 32.2. The summed E-state index contributed by atoms with van der Waals surface area (Å²) in [4.78, 5) is 13.9. The lowest BCUT2D eigenvalue weighted by Crippen LogP contribution is -2.36. The van der Waals surface area contributed by atoms with Gasteiger partial charge in [-0.2, -0.15) is 4.31 Å². The largest absolute Gasteiger partial charge is 0.345 e. The first-order chi connectivity index (χ1) is 12.4. The van der Waals surface area contributed by atoms with E-state index in [4.69, 9.17) is 0 Å². The molecule has 5 nitrogen and oxygen atoms in total. The van der Waals surface area contributed by atoms with Crippen LogP contribution >= 0.6 is 11.3 Å². The van der Waals surface area contributed by atoms with E-state index in [-0.39, 0.29) is 16.8 Å². The Balaban J connectivity index is 1.84. The van der Waals surface area contributed by atoms with Crippen LogP contribution in [0.1, 0.15) is 53.0 Å². The van der Waals surface area contributed by atoms with Gasteiger partial charge in [0.15, 0.2) is 0 Å². The van der Waals surface area contributed by atoms with Gasteiger partial charge in [0, 0.05) is 23.5 Å². The van der Waals surface area contributed by atoms with E-state index in [0.717, 1.165) is 24.1 Å². The topological polar surface area (TPSA) is 66.5 Å². The summed E-state index contributed by atoms with van der Waals surface area (Å²) < 4.78 is 27.5. The first-order valence-electron chi connectivity index (χ1n) is 8.84. The Hall–Kier alpha value is -1.70. The van der Waals surface area contributed by atoms with Crippen LogP contribution in [0.2, 0.25) is 0 Å². The van der Waals surface area contributed by atoms with Crippen molar-refractivity contribution in [2.45, 2.75) is 44.0 Å². The number of carbonyl (C=O) groups is 1. The predicted molar refractivity (Wildman–Crippen MR) is 104 cm³/mol. The molecule has 26 heavy (non-hydrogen) atoms. The number of aryl methyl sites for hydroxylation is 1. The molecule has 0 bridgehead atoms. The Morgan fingerprint density at radius 3 is 2.58 bits per heavy atom. The van der Waals surface area contributed by atoms with E-state index in [1.165, 1.54) is 10.4 Å². The van der Waals surface area contributed by atoms with Crippen molar-refractivity contribution >= 4 is 27.3 Å². The van der Waals surface area contributed by atoms with E-state index in [2.05, 4.69) is 5.32 Å². The van der Waals surface area contributed by atoms with Crippen molar-refractivity contribution in [3.8, 4) is 0 Å². The molecule has 1 N–H and O–H groups in total. The molecule has 3 rings (SSSR count). The van der Waals surface area contributed by atoms with Crippen LogP contribution < -0.4 is 5.32 Å². The summed E-state index contributed by atoms with van der Waals surface area (Å²) >= 11 is 1.58. The zero-order chi connectivity index (χ0) is 18.7. The van der Waals surface area contributed by atoms with Crippen LogP contribution in [0.4, 0.5) is 0 Å². The molecule has 2 aromatic rings. The second-order valence-corrected chi connectivity index (χ2v) is 9.54. The molecule has 1 aromatic heterocycles. The molecule has 0 spiro atoms. The number of hydrogen-bond donors (Lipinski definition) is 1. The average Bonchev–Trinajstić information content (AvgIpc) is 3.17. The number of sulfonamides is 1. The van der Waals surface area contributed by atoms with Crippen molar-refractivity contribution in [1.29, 1.82) is 0 Å². The maximum Gasteiger partial charge on any atom is 0.251 e. The van der Waals surface area contributed by atoms with Gasteiger partial charge in [-0.05, 0) is 55.8 Å². The van der Waals surface area contributed by atoms with Crippen molar-refractivity contribution < 1.29 is 13.2 Å². The molecule has 1 atom stereocenters. The molecule has 1 saturated heterocycles. The second-order valence-electron chi connectivity index (χ2n) is 6.66. The Bertz CT molecular complexity index is 870. The molecular formula is C19H24N2O3S2. The SMILES string of the molecule is Cc1ccc(C(=O)NC(C)c2cccs2)cc1S(=O)(=O)N1CCCCC1. The zero-order valence-electron chi connectivity index (χ0n) is 15.1. The van der Waals surface area contributed by atoms with Crippen LogP contribution in [0.3, 0.4) is 0 Å². The highest BCUT2D eigenvalue weighted by Crippen LogP contribution is 2.25. The molecule has 2 heterocycles. The third kappa shape index (κ3) is 4.00. The van der Waals surface area contributed by atoms with Gasteiger partial charge in [0.2, 0.25) is 10.0 Å². The molecule has 7 heteroatoms. The molecule has 140 valence electrons. The van der Waals surface area contributed by atoms with Gasteiger partial charge < -0.3 is 5.32 Å². The Morgan fingerprint density at radius 1 is 1.19 bits per heavy atom. The summed E-state index contributed by atoms with van der Waals surface area (Å²) in [6.07, 6.45) is 2.83. The summed E-state index contributed by atoms with van der Waals surface area (Å²) in [7, 11) is -3.57. The van der Waals surface area contributed by atoms with Crippen molar-refractivity contribution in [1.82, 2.24) is 9.62 Å². The lowest BCUT2D eigenvalue weighted by Gasteiger charge is -2.26. The first kappa shape index (κ1) is 19.1. The molecule has 0 radical (unpaired) electrons. The quantitative estimate of drug-likeness (QED) is 0.843. The fourth-order valence-corrected chi connectivity index (χ4v) is 5.65. The molecule has 1 aromatic carbocycles. The minimum Gasteiger partial charge on any atom is -0.345 e. The Labute approximate surface area is 159 Å². The predicted octanol–water partition coefficient (Wildman–Crippen LogP) is 3.72. The summed E-state index contributed by atoms with van der Waals surface area (Å²) in [5, 5.41) is 4.90. The third-order valence-electron chi connectivity index (χ3n) is 4.70. The number of amides is 1. The maximum absolute atomic E-state index is 13.0. The van der Waals surface area contributed by atoms with Gasteiger partial charge >= 0.3 is 0 Å². The van der Waals surface area contributed by atoms with Crippen LogP contribution in [0, 0.1) is 6.92 Å². The lowest BCUT2D eigenvalue weighted by molar-refractivity contribution is 0.0940. The summed E-state index contributed by atoms with van der Waals surface area (Å²) in [5.74, 6) is -0.263. The minimum atomic E-state index is -3.57. The highest BCUT2D eigenvalue weighted by molar-refractivity contribution is 7.89. The molecule has 1 fully saturated rings. The standard InChI is InChI=1S/C19H24N2O3S2/c1-14-8-9-16(19(22)20-15(2)17-7-6-12-25-17)13-18(14)26(23,24)21-10-4-3-5-11-21/h6-9,12-13,15H,3-5,10-11H2,1-2H3,(H,20,22). The lowest BCUT2D eigenvalue weighted by atomic mass is 10.1. The fourth-order valence-electron chi connectivity index (χ4n) is 3.15. The van der Waals surface area contributed by atoms with Gasteiger partial charge in [-0.1, -0.05) is 18.6 Å². The van der Waals surface area contributed by atoms with Crippen molar-refractivity contribution in [3.63, 3.8) is 0 Å². The van der Waals surface area contributed by atoms with E-state index in [0.29, 0.717) is 24.2 Å². The molecule has 1 aliphatic heterocycles. The van der Waals surface area contributed by atoms with E-state index < -0.39 is 10.0 Å². The van der Waals surface area contributed by atoms with E-state index >= 15 is 0 Å². The Kier molecular flexibility index (Phi) is 5.79. The number of benzene rings is 1. The number of nitrogens with one attached hydrogen (secondary N) is 1. The first-order valence-corrected chi connectivity index (χ1v) is 11.2. The zero-order valence-corrected chi connectivity index (χ0v) is 16.7. The average molecular weight is 393 g/mol. The summed E-state index contributed by atoms with van der Waals surface area (Å²) in [6, 6.07) is 8.69. The summed E-state index contributed by atoms with van der Waals surface area (Å²) in [6.45, 7) is 4.79. The second kappa shape index (κ2) is 7.90. The molecule has 1 aliphatic rings. The molecule has 0 aliphatic carbocycles. The van der Waals surface area contributed by atoms with E-state index in [1.54, 1.807) is 30.4 Å². The van der Waals surface area contributed by atoms with Crippen LogP contribution in [-0.2, 0) is 10.0 Å². The van der Waals surface area contributed by atoms with Crippen molar-refractivity contribution in [3.05, 3.63) is 51.7 Å². The van der Waals surface area contributed by atoms with E-state index in [9.17, 15) is 13.2 Å². The van der Waals surface area contributed by atoms with Gasteiger partial charge in [-0.15, -0.1) is 11.3 Å². The number of piperidine rings is 1. The van der Waals surface area contributed by atoms with Gasteiger partial charge in [0.1, 0.15) is 0 Å². The molecule has 1 amide bonds. The normalized spacial score (nSPS) is 17.0. The molecular weight excluding hydrogens is 368 g/mol. The van der Waals surface area contributed by atoms with Crippen molar-refractivity contribution in [2.24, 2.45) is 0 Å². The van der Waals surface area contributed by atoms with Gasteiger partial charge in [0.25, 0.3) is 5.91 Å². The number of carbonyl (C=O) groups excluding carboxylic acids is 1. The molecule has 0 saturated carbocycles. The fraction of sp³-hybridized carbons (Fsp3) is 0.421. The Morgan fingerprint density at radius 2 is 1.92 bits per heavy atom. The molecule has 1 unspecified atom stereocenters. The van der Waals surface area contributed by atoms with Crippen LogP contribution in [0.25, 0.3) is 0 Å². The van der Waals surface area contributed by atoms with Crippen LogP contribution in [0.15, 0.2) is 40.6 Å². The van der Waals surface area contributed by atoms with Gasteiger partial charge in [-0.25, -0.2) is 8.42 Å². The van der Waals surface area contributed by atoms with E-state index in [1.807, 2.05) is 24.4 Å². The van der Waals surface area contributed by atoms with Crippen LogP contribution in [-0.4, -0.2) is 31.7 Å².